The number of benzene rings is 3. The van der Waals surface area contributed by atoms with Gasteiger partial charge in [-0.15, -0.1) is 0 Å². The normalized spacial score (nSPS) is 12.8. The van der Waals surface area contributed by atoms with Crippen LogP contribution in [0.15, 0.2) is 83.5 Å². The summed E-state index contributed by atoms with van der Waals surface area (Å²) >= 11 is 0. The molecular formula is C31H32N2O5. The van der Waals surface area contributed by atoms with E-state index in [1.165, 1.54) is 0 Å². The third-order valence-electron chi connectivity index (χ3n) is 6.97. The van der Waals surface area contributed by atoms with Crippen LogP contribution < -0.4 is 9.47 Å². The Balaban J connectivity index is 1.35. The SMILES string of the molecule is COc1ccc(CCN(Cc2ccco2)C(=O)CN(C(=O)c2cccc3ccccc23)C2CC2)cc1OC. The molecule has 0 N–H and O–H groups in total. The number of methoxy groups -OCH3 is 2. The number of amides is 2. The molecule has 1 aliphatic rings. The minimum atomic E-state index is -0.109. The number of ether oxygens (including phenoxy) is 2. The fourth-order valence-corrected chi connectivity index (χ4v) is 4.75. The van der Waals surface area contributed by atoms with Crippen LogP contribution in [0.1, 0.15) is 34.5 Å². The van der Waals surface area contributed by atoms with Gasteiger partial charge in [-0.2, -0.15) is 0 Å². The molecule has 1 aliphatic carbocycles. The highest BCUT2D eigenvalue weighted by Crippen LogP contribution is 2.31. The molecule has 196 valence electrons. The van der Waals surface area contributed by atoms with Gasteiger partial charge in [0.1, 0.15) is 12.3 Å². The molecule has 0 saturated heterocycles. The van der Waals surface area contributed by atoms with Gasteiger partial charge in [-0.25, -0.2) is 0 Å². The molecule has 7 nitrogen and oxygen atoms in total. The lowest BCUT2D eigenvalue weighted by Crippen LogP contribution is -2.44. The second-order valence-corrected chi connectivity index (χ2v) is 9.52. The third-order valence-corrected chi connectivity index (χ3v) is 6.97. The van der Waals surface area contributed by atoms with E-state index in [1.54, 1.807) is 30.3 Å². The number of carbonyl (C=O) groups excluding carboxylic acids is 2. The summed E-state index contributed by atoms with van der Waals surface area (Å²) in [5.74, 6) is 1.79. The zero-order chi connectivity index (χ0) is 26.5. The van der Waals surface area contributed by atoms with Crippen LogP contribution in [0.4, 0.5) is 0 Å². The van der Waals surface area contributed by atoms with Crippen molar-refractivity contribution in [3.05, 3.63) is 95.9 Å². The quantitative estimate of drug-likeness (QED) is 0.272. The molecule has 1 saturated carbocycles. The molecular weight excluding hydrogens is 480 g/mol. The highest BCUT2D eigenvalue weighted by molar-refractivity contribution is 6.08. The zero-order valence-electron chi connectivity index (χ0n) is 21.8. The Bertz CT molecular complexity index is 1410. The van der Waals surface area contributed by atoms with Crippen LogP contribution in [-0.4, -0.2) is 55.0 Å². The largest absolute Gasteiger partial charge is 0.493 e. The molecule has 1 aromatic heterocycles. The fourth-order valence-electron chi connectivity index (χ4n) is 4.75. The lowest BCUT2D eigenvalue weighted by Gasteiger charge is -2.28. The van der Waals surface area contributed by atoms with Gasteiger partial charge >= 0.3 is 0 Å². The van der Waals surface area contributed by atoms with E-state index in [0.29, 0.717) is 42.3 Å². The van der Waals surface area contributed by atoms with Crippen molar-refractivity contribution in [3.8, 4) is 11.5 Å². The summed E-state index contributed by atoms with van der Waals surface area (Å²) < 4.78 is 16.3. The van der Waals surface area contributed by atoms with Gasteiger partial charge < -0.3 is 23.7 Å². The number of furan rings is 1. The van der Waals surface area contributed by atoms with Gasteiger partial charge in [0.25, 0.3) is 5.91 Å². The predicted molar refractivity (Wildman–Crippen MR) is 145 cm³/mol. The maximum Gasteiger partial charge on any atom is 0.255 e. The summed E-state index contributed by atoms with van der Waals surface area (Å²) in [6.07, 6.45) is 4.04. The molecule has 0 unspecified atom stereocenters. The Morgan fingerprint density at radius 2 is 1.71 bits per heavy atom. The molecule has 3 aromatic carbocycles. The molecule has 5 rings (SSSR count). The van der Waals surface area contributed by atoms with Crippen molar-refractivity contribution < 1.29 is 23.5 Å². The average Bonchev–Trinajstić information content (AvgIpc) is 3.67. The Hall–Kier alpha value is -4.26. The molecule has 38 heavy (non-hydrogen) atoms. The van der Waals surface area contributed by atoms with Gasteiger partial charge in [0, 0.05) is 18.2 Å². The van der Waals surface area contributed by atoms with E-state index in [4.69, 9.17) is 13.9 Å². The van der Waals surface area contributed by atoms with Crippen molar-refractivity contribution in [2.45, 2.75) is 31.8 Å². The maximum atomic E-state index is 13.7. The average molecular weight is 513 g/mol. The molecule has 1 fully saturated rings. The summed E-state index contributed by atoms with van der Waals surface area (Å²) in [5, 5.41) is 1.91. The van der Waals surface area contributed by atoms with Crippen LogP contribution in [0.5, 0.6) is 11.5 Å². The van der Waals surface area contributed by atoms with E-state index in [-0.39, 0.29) is 24.4 Å². The van der Waals surface area contributed by atoms with Crippen LogP contribution in [0, 0.1) is 0 Å². The van der Waals surface area contributed by atoms with Gasteiger partial charge in [-0.1, -0.05) is 42.5 Å². The molecule has 2 amide bonds. The molecule has 1 heterocycles. The monoisotopic (exact) mass is 512 g/mol. The second kappa shape index (κ2) is 11.4. The van der Waals surface area contributed by atoms with Gasteiger partial charge in [-0.3, -0.25) is 9.59 Å². The van der Waals surface area contributed by atoms with Crippen molar-refractivity contribution in [2.75, 3.05) is 27.3 Å². The number of fused-ring (bicyclic) bond motifs is 1. The van der Waals surface area contributed by atoms with Crippen LogP contribution in [-0.2, 0) is 17.8 Å². The lowest BCUT2D eigenvalue weighted by atomic mass is 10.0. The standard InChI is InChI=1S/C31H32N2O5/c1-36-28-15-12-22(19-29(28)37-2)16-17-32(20-25-9-6-18-38-25)30(34)21-33(24-13-14-24)31(35)27-11-5-8-23-7-3-4-10-26(23)27/h3-12,15,18-19,24H,13-14,16-17,20-21H2,1-2H3. The summed E-state index contributed by atoms with van der Waals surface area (Å²) in [7, 11) is 3.21. The topological polar surface area (TPSA) is 72.2 Å². The molecule has 0 bridgehead atoms. The van der Waals surface area contributed by atoms with E-state index in [1.807, 2.05) is 72.8 Å². The number of rotatable bonds is 11. The van der Waals surface area contributed by atoms with Gasteiger partial charge in [0.05, 0.1) is 27.0 Å². The first-order valence-electron chi connectivity index (χ1n) is 12.9. The van der Waals surface area contributed by atoms with Crippen LogP contribution in [0.2, 0.25) is 0 Å². The van der Waals surface area contributed by atoms with Crippen molar-refractivity contribution in [1.29, 1.82) is 0 Å². The van der Waals surface area contributed by atoms with Gasteiger partial charge in [0.15, 0.2) is 11.5 Å². The smallest absolute Gasteiger partial charge is 0.255 e. The Kier molecular flexibility index (Phi) is 7.63. The molecule has 0 atom stereocenters. The zero-order valence-corrected chi connectivity index (χ0v) is 21.8. The Labute approximate surface area is 222 Å². The van der Waals surface area contributed by atoms with Crippen LogP contribution in [0.3, 0.4) is 0 Å². The second-order valence-electron chi connectivity index (χ2n) is 9.52. The van der Waals surface area contributed by atoms with Crippen LogP contribution in [0.25, 0.3) is 10.8 Å². The van der Waals surface area contributed by atoms with E-state index in [2.05, 4.69) is 0 Å². The predicted octanol–water partition coefficient (Wildman–Crippen LogP) is 5.33. The minimum Gasteiger partial charge on any atom is -0.493 e. The number of nitrogens with zero attached hydrogens (tertiary/aromatic N) is 2. The fraction of sp³-hybridized carbons (Fsp3) is 0.290. The van der Waals surface area contributed by atoms with E-state index in [0.717, 1.165) is 29.2 Å². The maximum absolute atomic E-state index is 13.7. The number of carbonyl (C=O) groups is 2. The third kappa shape index (κ3) is 5.67. The first kappa shape index (κ1) is 25.4. The van der Waals surface area contributed by atoms with Gasteiger partial charge in [-0.05, 0) is 65.9 Å². The van der Waals surface area contributed by atoms with Gasteiger partial charge in [0.2, 0.25) is 5.91 Å². The molecule has 7 heteroatoms. The molecule has 0 spiro atoms. The summed E-state index contributed by atoms with van der Waals surface area (Å²) in [6, 6.07) is 23.1. The molecule has 0 aliphatic heterocycles. The van der Waals surface area contributed by atoms with Crippen molar-refractivity contribution in [2.24, 2.45) is 0 Å². The summed E-state index contributed by atoms with van der Waals surface area (Å²) in [5.41, 5.74) is 1.65. The first-order chi connectivity index (χ1) is 18.6. The Morgan fingerprint density at radius 1 is 0.921 bits per heavy atom. The molecule has 4 aromatic rings. The van der Waals surface area contributed by atoms with E-state index < -0.39 is 0 Å². The highest BCUT2D eigenvalue weighted by atomic mass is 16.5. The van der Waals surface area contributed by atoms with Crippen molar-refractivity contribution in [3.63, 3.8) is 0 Å². The van der Waals surface area contributed by atoms with Crippen molar-refractivity contribution >= 4 is 22.6 Å². The van der Waals surface area contributed by atoms with Crippen LogP contribution >= 0.6 is 0 Å². The minimum absolute atomic E-state index is 0.0271. The molecule has 0 radical (unpaired) electrons. The summed E-state index contributed by atoms with van der Waals surface area (Å²) in [4.78, 5) is 30.9. The van der Waals surface area contributed by atoms with Crippen molar-refractivity contribution in [1.82, 2.24) is 9.80 Å². The first-order valence-corrected chi connectivity index (χ1v) is 12.9. The summed E-state index contributed by atoms with van der Waals surface area (Å²) in [6.45, 7) is 0.829. The lowest BCUT2D eigenvalue weighted by molar-refractivity contribution is -0.132. The Morgan fingerprint density at radius 3 is 2.45 bits per heavy atom. The highest BCUT2D eigenvalue weighted by Gasteiger charge is 2.35. The van der Waals surface area contributed by atoms with E-state index in [9.17, 15) is 9.59 Å². The number of hydrogen-bond acceptors (Lipinski definition) is 5. The number of hydrogen-bond donors (Lipinski definition) is 0. The van der Waals surface area contributed by atoms with E-state index >= 15 is 0 Å².